The molecule has 1 rings (SSSR count). The van der Waals surface area contributed by atoms with Crippen molar-refractivity contribution in [3.63, 3.8) is 0 Å². The van der Waals surface area contributed by atoms with Gasteiger partial charge in [-0.2, -0.15) is 0 Å². The van der Waals surface area contributed by atoms with Crippen molar-refractivity contribution < 1.29 is 14.7 Å². The summed E-state index contributed by atoms with van der Waals surface area (Å²) in [7, 11) is 0. The van der Waals surface area contributed by atoms with Gasteiger partial charge in [0.05, 0.1) is 11.1 Å². The number of Topliss-reactive ketones (excluding diaryl/α,β-unsaturated/α-hetero) is 1. The monoisotopic (exact) mass is 213 g/mol. The first-order chi connectivity index (χ1) is 6.43. The number of ketones is 1. The Labute approximate surface area is 85.3 Å². The summed E-state index contributed by atoms with van der Waals surface area (Å²) >= 11 is 5.64. The first kappa shape index (κ1) is 10.5. The third kappa shape index (κ3) is 1.85. The summed E-state index contributed by atoms with van der Waals surface area (Å²) < 4.78 is 0. The second-order valence-corrected chi connectivity index (χ2v) is 3.21. The average Bonchev–Trinajstić information content (AvgIpc) is 2.07. The Hall–Kier alpha value is -1.55. The quantitative estimate of drug-likeness (QED) is 0.728. The standard InChI is InChI=1S/C9H8ClNO3/c1-4(12)6-2-5(10)3-7(8(6)13)9(11)14/h2-3,13H,1H3,(H2,11,14). The number of halogens is 1. The van der Waals surface area contributed by atoms with Crippen molar-refractivity contribution >= 4 is 23.3 Å². The van der Waals surface area contributed by atoms with Gasteiger partial charge in [-0.1, -0.05) is 11.6 Å². The maximum atomic E-state index is 11.0. The van der Waals surface area contributed by atoms with E-state index in [-0.39, 0.29) is 21.9 Å². The van der Waals surface area contributed by atoms with Gasteiger partial charge in [0.25, 0.3) is 5.91 Å². The molecular formula is C9H8ClNO3. The zero-order chi connectivity index (χ0) is 10.9. The molecule has 0 aliphatic heterocycles. The zero-order valence-electron chi connectivity index (χ0n) is 7.37. The van der Waals surface area contributed by atoms with Crippen LogP contribution in [0.2, 0.25) is 5.02 Å². The van der Waals surface area contributed by atoms with E-state index in [0.717, 1.165) is 0 Å². The van der Waals surface area contributed by atoms with Crippen LogP contribution in [0.3, 0.4) is 0 Å². The van der Waals surface area contributed by atoms with Crippen LogP contribution >= 0.6 is 11.6 Å². The van der Waals surface area contributed by atoms with E-state index in [9.17, 15) is 14.7 Å². The SMILES string of the molecule is CC(=O)c1cc(Cl)cc(C(N)=O)c1O. The molecule has 0 saturated heterocycles. The maximum absolute atomic E-state index is 11.0. The second-order valence-electron chi connectivity index (χ2n) is 2.77. The number of carbonyl (C=O) groups is 2. The normalized spacial score (nSPS) is 9.86. The molecule has 1 aromatic carbocycles. The number of rotatable bonds is 2. The Bertz CT molecular complexity index is 380. The van der Waals surface area contributed by atoms with Crippen LogP contribution in [-0.4, -0.2) is 16.8 Å². The Morgan fingerprint density at radius 3 is 2.29 bits per heavy atom. The number of benzene rings is 1. The van der Waals surface area contributed by atoms with Gasteiger partial charge in [0.15, 0.2) is 5.78 Å². The highest BCUT2D eigenvalue weighted by atomic mass is 35.5. The van der Waals surface area contributed by atoms with Crippen LogP contribution in [0.5, 0.6) is 5.75 Å². The van der Waals surface area contributed by atoms with Crippen molar-refractivity contribution in [2.45, 2.75) is 6.92 Å². The third-order valence-corrected chi connectivity index (χ3v) is 1.94. The van der Waals surface area contributed by atoms with Crippen molar-refractivity contribution in [1.29, 1.82) is 0 Å². The molecule has 0 unspecified atom stereocenters. The molecule has 4 nitrogen and oxygen atoms in total. The van der Waals surface area contributed by atoms with E-state index < -0.39 is 11.7 Å². The van der Waals surface area contributed by atoms with Gasteiger partial charge in [0, 0.05) is 5.02 Å². The van der Waals surface area contributed by atoms with E-state index in [2.05, 4.69) is 0 Å². The zero-order valence-corrected chi connectivity index (χ0v) is 8.13. The molecule has 74 valence electrons. The van der Waals surface area contributed by atoms with Crippen LogP contribution in [0, 0.1) is 0 Å². The lowest BCUT2D eigenvalue weighted by atomic mass is 10.1. The maximum Gasteiger partial charge on any atom is 0.252 e. The van der Waals surface area contributed by atoms with Crippen molar-refractivity contribution in [2.24, 2.45) is 5.73 Å². The van der Waals surface area contributed by atoms with Gasteiger partial charge in [-0.15, -0.1) is 0 Å². The third-order valence-electron chi connectivity index (χ3n) is 1.72. The summed E-state index contributed by atoms with van der Waals surface area (Å²) in [6.45, 7) is 1.26. The minimum absolute atomic E-state index is 0.00806. The van der Waals surface area contributed by atoms with Gasteiger partial charge < -0.3 is 10.8 Å². The van der Waals surface area contributed by atoms with Crippen LogP contribution in [-0.2, 0) is 0 Å². The molecule has 0 heterocycles. The fourth-order valence-electron chi connectivity index (χ4n) is 1.06. The Morgan fingerprint density at radius 1 is 1.36 bits per heavy atom. The van der Waals surface area contributed by atoms with E-state index in [1.807, 2.05) is 0 Å². The topological polar surface area (TPSA) is 80.4 Å². The Balaban J connectivity index is 3.47. The molecule has 1 amide bonds. The molecule has 1 aromatic rings. The number of amides is 1. The molecule has 5 heteroatoms. The van der Waals surface area contributed by atoms with Crippen molar-refractivity contribution in [3.05, 3.63) is 28.3 Å². The van der Waals surface area contributed by atoms with E-state index in [1.165, 1.54) is 19.1 Å². The van der Waals surface area contributed by atoms with E-state index in [1.54, 1.807) is 0 Å². The molecule has 3 N–H and O–H groups in total. The molecule has 0 radical (unpaired) electrons. The lowest BCUT2D eigenvalue weighted by Crippen LogP contribution is -2.12. The van der Waals surface area contributed by atoms with Crippen molar-refractivity contribution in [1.82, 2.24) is 0 Å². The first-order valence-electron chi connectivity index (χ1n) is 3.76. The first-order valence-corrected chi connectivity index (χ1v) is 4.14. The smallest absolute Gasteiger partial charge is 0.252 e. The number of aromatic hydroxyl groups is 1. The summed E-state index contributed by atoms with van der Waals surface area (Å²) in [4.78, 5) is 21.9. The van der Waals surface area contributed by atoms with Crippen molar-refractivity contribution in [3.8, 4) is 5.75 Å². The van der Waals surface area contributed by atoms with Crippen LogP contribution in [0.1, 0.15) is 27.6 Å². The second kappa shape index (κ2) is 3.67. The molecular weight excluding hydrogens is 206 g/mol. The molecule has 0 aromatic heterocycles. The molecule has 0 aliphatic carbocycles. The number of carbonyl (C=O) groups excluding carboxylic acids is 2. The minimum atomic E-state index is -0.826. The molecule has 0 fully saturated rings. The molecule has 14 heavy (non-hydrogen) atoms. The van der Waals surface area contributed by atoms with Crippen molar-refractivity contribution in [2.75, 3.05) is 0 Å². The van der Waals surface area contributed by atoms with Gasteiger partial charge in [0.1, 0.15) is 5.75 Å². The summed E-state index contributed by atoms with van der Waals surface area (Å²) in [6.07, 6.45) is 0. The highest BCUT2D eigenvalue weighted by Gasteiger charge is 2.15. The minimum Gasteiger partial charge on any atom is -0.506 e. The van der Waals surface area contributed by atoms with E-state index in [0.29, 0.717) is 0 Å². The van der Waals surface area contributed by atoms with Gasteiger partial charge in [-0.25, -0.2) is 0 Å². The lowest BCUT2D eigenvalue weighted by molar-refractivity contribution is 0.0997. The number of nitrogens with two attached hydrogens (primary N) is 1. The largest absolute Gasteiger partial charge is 0.506 e. The fraction of sp³-hybridized carbons (Fsp3) is 0.111. The fourth-order valence-corrected chi connectivity index (χ4v) is 1.27. The highest BCUT2D eigenvalue weighted by Crippen LogP contribution is 2.27. The Kier molecular flexibility index (Phi) is 2.76. The molecule has 0 saturated carbocycles. The molecule has 0 bridgehead atoms. The van der Waals surface area contributed by atoms with Gasteiger partial charge in [-0.05, 0) is 19.1 Å². The molecule has 0 aliphatic rings. The Morgan fingerprint density at radius 2 is 1.86 bits per heavy atom. The van der Waals surface area contributed by atoms with Crippen LogP contribution < -0.4 is 5.73 Å². The van der Waals surface area contributed by atoms with Gasteiger partial charge >= 0.3 is 0 Å². The number of hydrogen-bond donors (Lipinski definition) is 2. The van der Waals surface area contributed by atoms with Gasteiger partial charge in [0.2, 0.25) is 0 Å². The average molecular weight is 214 g/mol. The summed E-state index contributed by atoms with van der Waals surface area (Å²) in [6, 6.07) is 2.50. The van der Waals surface area contributed by atoms with E-state index >= 15 is 0 Å². The highest BCUT2D eigenvalue weighted by molar-refractivity contribution is 6.31. The van der Waals surface area contributed by atoms with E-state index in [4.69, 9.17) is 17.3 Å². The number of phenols is 1. The predicted molar refractivity (Wildman–Crippen MR) is 51.6 cm³/mol. The number of hydrogen-bond acceptors (Lipinski definition) is 3. The van der Waals surface area contributed by atoms with Crippen LogP contribution in [0.15, 0.2) is 12.1 Å². The summed E-state index contributed by atoms with van der Waals surface area (Å²) in [5.41, 5.74) is 4.83. The van der Waals surface area contributed by atoms with Crippen LogP contribution in [0.25, 0.3) is 0 Å². The predicted octanol–water partition coefficient (Wildman–Crippen LogP) is 1.35. The summed E-state index contributed by atoms with van der Waals surface area (Å²) in [5, 5.41) is 9.66. The molecule has 0 spiro atoms. The van der Waals surface area contributed by atoms with Gasteiger partial charge in [-0.3, -0.25) is 9.59 Å². The number of primary amides is 1. The molecule has 0 atom stereocenters. The lowest BCUT2D eigenvalue weighted by Gasteiger charge is -2.05. The van der Waals surface area contributed by atoms with Crippen LogP contribution in [0.4, 0.5) is 0 Å². The summed E-state index contributed by atoms with van der Waals surface area (Å²) in [5.74, 6) is -1.63.